The highest BCUT2D eigenvalue weighted by Crippen LogP contribution is 2.20. The summed E-state index contributed by atoms with van der Waals surface area (Å²) in [5, 5.41) is 3.45. The van der Waals surface area contributed by atoms with Gasteiger partial charge < -0.3 is 15.1 Å². The van der Waals surface area contributed by atoms with Gasteiger partial charge in [0.15, 0.2) is 0 Å². The Morgan fingerprint density at radius 1 is 0.893 bits per heavy atom. The van der Waals surface area contributed by atoms with Crippen LogP contribution in [0.3, 0.4) is 0 Å². The number of para-hydroxylation sites is 1. The van der Waals surface area contributed by atoms with Gasteiger partial charge in [0.25, 0.3) is 5.91 Å². The molecule has 7 heteroatoms. The molecule has 1 fully saturated rings. The van der Waals surface area contributed by atoms with Crippen molar-refractivity contribution in [2.75, 3.05) is 41.3 Å². The summed E-state index contributed by atoms with van der Waals surface area (Å²) in [6, 6.07) is 19.1. The SMILES string of the molecule is O=C(Nc1ccc(Cl)cc1)c1cc(N2CCN(c3ccccc3)CC2)ncn1. The molecule has 142 valence electrons. The molecule has 1 aliphatic heterocycles. The van der Waals surface area contributed by atoms with Crippen LogP contribution in [0.2, 0.25) is 5.02 Å². The van der Waals surface area contributed by atoms with Crippen molar-refractivity contribution in [1.82, 2.24) is 9.97 Å². The smallest absolute Gasteiger partial charge is 0.274 e. The topological polar surface area (TPSA) is 61.4 Å². The fourth-order valence-corrected chi connectivity index (χ4v) is 3.33. The Bertz CT molecular complexity index is 941. The first-order chi connectivity index (χ1) is 13.7. The second-order valence-corrected chi connectivity index (χ2v) is 6.97. The van der Waals surface area contributed by atoms with Crippen LogP contribution >= 0.6 is 11.6 Å². The average molecular weight is 394 g/mol. The van der Waals surface area contributed by atoms with Crippen LogP contribution in [0.15, 0.2) is 67.0 Å². The Hall–Kier alpha value is -3.12. The second kappa shape index (κ2) is 8.27. The van der Waals surface area contributed by atoms with E-state index in [9.17, 15) is 4.79 Å². The number of amides is 1. The molecular formula is C21H20ClN5O. The van der Waals surface area contributed by atoms with Gasteiger partial charge in [-0.2, -0.15) is 0 Å². The van der Waals surface area contributed by atoms with Gasteiger partial charge >= 0.3 is 0 Å². The lowest BCUT2D eigenvalue weighted by Gasteiger charge is -2.36. The summed E-state index contributed by atoms with van der Waals surface area (Å²) < 4.78 is 0. The number of nitrogens with one attached hydrogen (secondary N) is 1. The first-order valence-electron chi connectivity index (χ1n) is 9.13. The van der Waals surface area contributed by atoms with Gasteiger partial charge in [-0.3, -0.25) is 4.79 Å². The molecule has 1 amide bonds. The molecule has 0 atom stereocenters. The molecule has 0 bridgehead atoms. The predicted molar refractivity (Wildman–Crippen MR) is 112 cm³/mol. The predicted octanol–water partition coefficient (Wildman–Crippen LogP) is 3.71. The zero-order chi connectivity index (χ0) is 19.3. The molecule has 0 unspecified atom stereocenters. The van der Waals surface area contributed by atoms with Gasteiger partial charge in [0, 0.05) is 48.6 Å². The number of aromatic nitrogens is 2. The van der Waals surface area contributed by atoms with Gasteiger partial charge in [0.1, 0.15) is 17.8 Å². The van der Waals surface area contributed by atoms with E-state index in [1.54, 1.807) is 30.3 Å². The first-order valence-corrected chi connectivity index (χ1v) is 9.51. The van der Waals surface area contributed by atoms with Crippen molar-refractivity contribution in [1.29, 1.82) is 0 Å². The summed E-state index contributed by atoms with van der Waals surface area (Å²) in [5.41, 5.74) is 2.24. The maximum atomic E-state index is 12.5. The molecule has 2 aromatic carbocycles. The summed E-state index contributed by atoms with van der Waals surface area (Å²) in [4.78, 5) is 25.5. The molecule has 6 nitrogen and oxygen atoms in total. The summed E-state index contributed by atoms with van der Waals surface area (Å²) in [7, 11) is 0. The average Bonchev–Trinajstić information content (AvgIpc) is 2.76. The molecule has 1 aliphatic rings. The van der Waals surface area contributed by atoms with Crippen molar-refractivity contribution in [3.8, 4) is 0 Å². The number of anilines is 3. The Kier molecular flexibility index (Phi) is 5.39. The Morgan fingerprint density at radius 3 is 2.29 bits per heavy atom. The largest absolute Gasteiger partial charge is 0.368 e. The van der Waals surface area contributed by atoms with Crippen LogP contribution in [-0.2, 0) is 0 Å². The van der Waals surface area contributed by atoms with Crippen LogP contribution in [0.1, 0.15) is 10.5 Å². The Labute approximate surface area is 168 Å². The Balaban J connectivity index is 1.41. The van der Waals surface area contributed by atoms with E-state index in [1.807, 2.05) is 6.07 Å². The number of rotatable bonds is 4. The quantitative estimate of drug-likeness (QED) is 0.732. The third kappa shape index (κ3) is 4.23. The highest BCUT2D eigenvalue weighted by molar-refractivity contribution is 6.30. The molecule has 28 heavy (non-hydrogen) atoms. The van der Waals surface area contributed by atoms with Gasteiger partial charge in [-0.25, -0.2) is 9.97 Å². The van der Waals surface area contributed by atoms with E-state index in [2.05, 4.69) is 49.4 Å². The molecular weight excluding hydrogens is 374 g/mol. The zero-order valence-corrected chi connectivity index (χ0v) is 16.0. The minimum absolute atomic E-state index is 0.270. The number of piperazine rings is 1. The fraction of sp³-hybridized carbons (Fsp3) is 0.190. The van der Waals surface area contributed by atoms with E-state index < -0.39 is 0 Å². The summed E-state index contributed by atoms with van der Waals surface area (Å²) in [5.74, 6) is 0.498. The zero-order valence-electron chi connectivity index (χ0n) is 15.3. The molecule has 1 saturated heterocycles. The van der Waals surface area contributed by atoms with Crippen molar-refractivity contribution in [3.63, 3.8) is 0 Å². The summed E-state index contributed by atoms with van der Waals surface area (Å²) >= 11 is 5.88. The molecule has 0 saturated carbocycles. The van der Waals surface area contributed by atoms with Crippen LogP contribution in [0.5, 0.6) is 0 Å². The van der Waals surface area contributed by atoms with Crippen LogP contribution in [-0.4, -0.2) is 42.1 Å². The lowest BCUT2D eigenvalue weighted by atomic mass is 10.2. The van der Waals surface area contributed by atoms with Crippen LogP contribution < -0.4 is 15.1 Å². The molecule has 2 heterocycles. The maximum absolute atomic E-state index is 12.5. The molecule has 0 aliphatic carbocycles. The number of benzene rings is 2. The molecule has 1 N–H and O–H groups in total. The number of halogens is 1. The monoisotopic (exact) mass is 393 g/mol. The van der Waals surface area contributed by atoms with Gasteiger partial charge in [0.05, 0.1) is 0 Å². The van der Waals surface area contributed by atoms with Crippen LogP contribution in [0.25, 0.3) is 0 Å². The second-order valence-electron chi connectivity index (χ2n) is 6.53. The van der Waals surface area contributed by atoms with Crippen molar-refractivity contribution in [2.45, 2.75) is 0 Å². The minimum Gasteiger partial charge on any atom is -0.368 e. The highest BCUT2D eigenvalue weighted by Gasteiger charge is 2.19. The third-order valence-corrected chi connectivity index (χ3v) is 4.96. The van der Waals surface area contributed by atoms with Crippen molar-refractivity contribution in [2.24, 2.45) is 0 Å². The third-order valence-electron chi connectivity index (χ3n) is 4.71. The van der Waals surface area contributed by atoms with Gasteiger partial charge in [-0.1, -0.05) is 29.8 Å². The minimum atomic E-state index is -0.270. The first kappa shape index (κ1) is 18.3. The van der Waals surface area contributed by atoms with Crippen molar-refractivity contribution >= 4 is 34.7 Å². The highest BCUT2D eigenvalue weighted by atomic mass is 35.5. The van der Waals surface area contributed by atoms with Gasteiger partial charge in [-0.15, -0.1) is 0 Å². The molecule has 0 spiro atoms. The lowest BCUT2D eigenvalue weighted by Crippen LogP contribution is -2.46. The number of nitrogens with zero attached hydrogens (tertiary/aromatic N) is 4. The molecule has 0 radical (unpaired) electrons. The number of hydrogen-bond acceptors (Lipinski definition) is 5. The number of hydrogen-bond donors (Lipinski definition) is 1. The lowest BCUT2D eigenvalue weighted by molar-refractivity contribution is 0.102. The summed E-state index contributed by atoms with van der Waals surface area (Å²) in [6.45, 7) is 3.48. The number of carbonyl (C=O) groups excluding carboxylic acids is 1. The summed E-state index contributed by atoms with van der Waals surface area (Å²) in [6.07, 6.45) is 1.44. The van der Waals surface area contributed by atoms with Gasteiger partial charge in [-0.05, 0) is 36.4 Å². The molecule has 1 aromatic heterocycles. The van der Waals surface area contributed by atoms with Crippen LogP contribution in [0.4, 0.5) is 17.2 Å². The van der Waals surface area contributed by atoms with E-state index in [0.29, 0.717) is 16.4 Å². The fourth-order valence-electron chi connectivity index (χ4n) is 3.21. The Morgan fingerprint density at radius 2 is 1.57 bits per heavy atom. The van der Waals surface area contributed by atoms with Gasteiger partial charge in [0.2, 0.25) is 0 Å². The molecule has 4 rings (SSSR count). The number of carbonyl (C=O) groups is 1. The van der Waals surface area contributed by atoms with Crippen LogP contribution in [0, 0.1) is 0 Å². The van der Waals surface area contributed by atoms with E-state index >= 15 is 0 Å². The normalized spacial score (nSPS) is 14.0. The molecule has 3 aromatic rings. The van der Waals surface area contributed by atoms with E-state index in [0.717, 1.165) is 32.0 Å². The van der Waals surface area contributed by atoms with Crippen molar-refractivity contribution < 1.29 is 4.79 Å². The van der Waals surface area contributed by atoms with E-state index in [1.165, 1.54) is 12.0 Å². The standard InChI is InChI=1S/C21H20ClN5O/c22-16-6-8-17(9-7-16)25-21(28)19-14-20(24-15-23-19)27-12-10-26(11-13-27)18-4-2-1-3-5-18/h1-9,14-15H,10-13H2,(H,25,28). The van der Waals surface area contributed by atoms with Crippen molar-refractivity contribution in [3.05, 3.63) is 77.7 Å². The van der Waals surface area contributed by atoms with E-state index in [-0.39, 0.29) is 5.91 Å². The maximum Gasteiger partial charge on any atom is 0.274 e. The van der Waals surface area contributed by atoms with E-state index in [4.69, 9.17) is 11.6 Å².